The quantitative estimate of drug-likeness (QED) is 0.917. The van der Waals surface area contributed by atoms with Crippen LogP contribution >= 0.6 is 22.9 Å². The molecule has 0 spiro atoms. The smallest absolute Gasteiger partial charge is 0.0835 e. The number of hydrogen-bond donors (Lipinski definition) is 1. The predicted octanol–water partition coefficient (Wildman–Crippen LogP) is 3.22. The fraction of sp³-hybridized carbons (Fsp3) is 0.533. The summed E-state index contributed by atoms with van der Waals surface area (Å²) in [4.78, 5) is 3.75. The molecule has 2 aromatic heterocycles. The third kappa shape index (κ3) is 3.66. The Kier molecular flexibility index (Phi) is 4.64. The van der Waals surface area contributed by atoms with Gasteiger partial charge in [0.15, 0.2) is 0 Å². The molecular formula is C15H20ClN3OS. The maximum absolute atomic E-state index is 10.4. The minimum absolute atomic E-state index is 0.432. The van der Waals surface area contributed by atoms with Gasteiger partial charge in [-0.2, -0.15) is 5.10 Å². The van der Waals surface area contributed by atoms with Gasteiger partial charge in [0.05, 0.1) is 17.3 Å². The molecule has 1 N–H and O–H groups in total. The van der Waals surface area contributed by atoms with Gasteiger partial charge in [-0.15, -0.1) is 11.3 Å². The summed E-state index contributed by atoms with van der Waals surface area (Å²) in [6.45, 7) is 2.03. The van der Waals surface area contributed by atoms with E-state index in [4.69, 9.17) is 11.6 Å². The Balaban J connectivity index is 1.61. The van der Waals surface area contributed by atoms with Gasteiger partial charge < -0.3 is 5.11 Å². The summed E-state index contributed by atoms with van der Waals surface area (Å²) >= 11 is 7.70. The molecule has 0 saturated carbocycles. The first-order valence-electron chi connectivity index (χ1n) is 7.25. The van der Waals surface area contributed by atoms with E-state index >= 15 is 0 Å². The molecular weight excluding hydrogens is 306 g/mol. The number of hydrogen-bond acceptors (Lipinski definition) is 4. The number of rotatable bonds is 5. The molecule has 3 rings (SSSR count). The number of nitrogens with zero attached hydrogens (tertiary/aromatic N) is 3. The minimum Gasteiger partial charge on any atom is -0.388 e. The normalized spacial score (nSPS) is 21.0. The van der Waals surface area contributed by atoms with E-state index in [2.05, 4.69) is 10.00 Å². The van der Waals surface area contributed by atoms with Gasteiger partial charge in [-0.05, 0) is 31.9 Å². The van der Waals surface area contributed by atoms with Crippen LogP contribution in [-0.4, -0.2) is 32.4 Å². The number of aryl methyl sites for hydroxylation is 1. The molecule has 2 atom stereocenters. The van der Waals surface area contributed by atoms with Gasteiger partial charge >= 0.3 is 0 Å². The molecule has 114 valence electrons. The van der Waals surface area contributed by atoms with E-state index in [0.29, 0.717) is 6.04 Å². The molecule has 0 aromatic carbocycles. The molecule has 1 saturated heterocycles. The van der Waals surface area contributed by atoms with Crippen LogP contribution in [0.1, 0.15) is 35.8 Å². The van der Waals surface area contributed by atoms with Crippen molar-refractivity contribution in [3.05, 3.63) is 39.3 Å². The molecule has 0 aliphatic carbocycles. The van der Waals surface area contributed by atoms with Gasteiger partial charge in [-0.1, -0.05) is 11.6 Å². The van der Waals surface area contributed by atoms with Crippen LogP contribution in [0.4, 0.5) is 0 Å². The van der Waals surface area contributed by atoms with Gasteiger partial charge in [-0.3, -0.25) is 9.58 Å². The molecule has 0 amide bonds. The standard InChI is InChI=1S/C15H20ClN3OS/c1-18-8-11(7-17-18)15(20)6-13-3-2-4-19(13)9-14-5-12(16)10-21-14/h5,7-8,10,13,15,20H,2-4,6,9H2,1H3/t13-,15+/m1/s1. The molecule has 1 aliphatic heterocycles. The van der Waals surface area contributed by atoms with Crippen molar-refractivity contribution in [1.82, 2.24) is 14.7 Å². The zero-order valence-corrected chi connectivity index (χ0v) is 13.6. The maximum Gasteiger partial charge on any atom is 0.0835 e. The SMILES string of the molecule is Cn1cc([C@@H](O)C[C@H]2CCCN2Cc2cc(Cl)cs2)cn1. The van der Waals surface area contributed by atoms with Crippen molar-refractivity contribution in [1.29, 1.82) is 0 Å². The van der Waals surface area contributed by atoms with Crippen LogP contribution in [0.3, 0.4) is 0 Å². The summed E-state index contributed by atoms with van der Waals surface area (Å²) in [7, 11) is 1.87. The lowest BCUT2D eigenvalue weighted by atomic mass is 10.0. The average molecular weight is 326 g/mol. The van der Waals surface area contributed by atoms with Crippen molar-refractivity contribution in [3.63, 3.8) is 0 Å². The zero-order valence-electron chi connectivity index (χ0n) is 12.1. The van der Waals surface area contributed by atoms with Gasteiger partial charge in [0.25, 0.3) is 0 Å². The van der Waals surface area contributed by atoms with Crippen molar-refractivity contribution in [2.75, 3.05) is 6.54 Å². The summed E-state index contributed by atoms with van der Waals surface area (Å²) in [6, 6.07) is 2.47. The predicted molar refractivity (Wildman–Crippen MR) is 85.5 cm³/mol. The van der Waals surface area contributed by atoms with E-state index in [1.54, 1.807) is 22.2 Å². The van der Waals surface area contributed by atoms with Gasteiger partial charge in [0, 0.05) is 41.7 Å². The topological polar surface area (TPSA) is 41.3 Å². The van der Waals surface area contributed by atoms with Crippen LogP contribution in [-0.2, 0) is 13.6 Å². The second kappa shape index (κ2) is 6.48. The average Bonchev–Trinajstić information content (AvgIpc) is 3.14. The van der Waals surface area contributed by atoms with E-state index < -0.39 is 6.10 Å². The first-order valence-corrected chi connectivity index (χ1v) is 8.51. The number of halogens is 1. The van der Waals surface area contributed by atoms with Crippen LogP contribution in [0, 0.1) is 0 Å². The fourth-order valence-corrected chi connectivity index (χ4v) is 4.11. The van der Waals surface area contributed by atoms with Crippen LogP contribution in [0.5, 0.6) is 0 Å². The first-order chi connectivity index (χ1) is 10.1. The number of likely N-dealkylation sites (tertiary alicyclic amines) is 1. The van der Waals surface area contributed by atoms with Crippen molar-refractivity contribution in [2.45, 2.75) is 38.0 Å². The molecule has 0 bridgehead atoms. The van der Waals surface area contributed by atoms with E-state index in [1.807, 2.05) is 24.7 Å². The van der Waals surface area contributed by atoms with E-state index in [1.165, 1.54) is 11.3 Å². The molecule has 4 nitrogen and oxygen atoms in total. The van der Waals surface area contributed by atoms with Gasteiger partial charge in [-0.25, -0.2) is 0 Å². The highest BCUT2D eigenvalue weighted by molar-refractivity contribution is 7.10. The lowest BCUT2D eigenvalue weighted by Gasteiger charge is -2.25. The molecule has 6 heteroatoms. The highest BCUT2D eigenvalue weighted by Crippen LogP contribution is 2.30. The molecule has 1 aliphatic rings. The Bertz CT molecular complexity index is 597. The van der Waals surface area contributed by atoms with Crippen LogP contribution in [0.25, 0.3) is 0 Å². The second-order valence-corrected chi connectivity index (χ2v) is 7.13. The van der Waals surface area contributed by atoms with Crippen molar-refractivity contribution in [3.8, 4) is 0 Å². The zero-order chi connectivity index (χ0) is 14.8. The molecule has 2 aromatic rings. The lowest BCUT2D eigenvalue weighted by molar-refractivity contribution is 0.118. The minimum atomic E-state index is -0.434. The molecule has 3 heterocycles. The Hall–Kier alpha value is -0.880. The number of aliphatic hydroxyl groups excluding tert-OH is 1. The Labute approximate surface area is 134 Å². The number of aliphatic hydroxyl groups is 1. The second-order valence-electron chi connectivity index (χ2n) is 5.70. The number of aromatic nitrogens is 2. The third-order valence-corrected chi connectivity index (χ3v) is 5.35. The summed E-state index contributed by atoms with van der Waals surface area (Å²) in [5, 5.41) is 17.3. The van der Waals surface area contributed by atoms with Crippen LogP contribution in [0.15, 0.2) is 23.8 Å². The Morgan fingerprint density at radius 1 is 1.57 bits per heavy atom. The lowest BCUT2D eigenvalue weighted by Crippen LogP contribution is -2.30. The Morgan fingerprint density at radius 3 is 3.10 bits per heavy atom. The largest absolute Gasteiger partial charge is 0.388 e. The Morgan fingerprint density at radius 2 is 2.43 bits per heavy atom. The summed E-state index contributed by atoms with van der Waals surface area (Å²) in [5.41, 5.74) is 0.906. The van der Waals surface area contributed by atoms with Crippen molar-refractivity contribution >= 4 is 22.9 Å². The number of thiophene rings is 1. The maximum atomic E-state index is 10.4. The summed E-state index contributed by atoms with van der Waals surface area (Å²) < 4.78 is 1.73. The van der Waals surface area contributed by atoms with E-state index in [-0.39, 0.29) is 0 Å². The molecule has 0 unspecified atom stereocenters. The molecule has 0 radical (unpaired) electrons. The summed E-state index contributed by atoms with van der Waals surface area (Å²) in [5.74, 6) is 0. The van der Waals surface area contributed by atoms with Crippen LogP contribution in [0.2, 0.25) is 5.02 Å². The van der Waals surface area contributed by atoms with Gasteiger partial charge in [0.2, 0.25) is 0 Å². The van der Waals surface area contributed by atoms with Crippen molar-refractivity contribution < 1.29 is 5.11 Å². The fourth-order valence-electron chi connectivity index (χ4n) is 3.01. The molecule has 21 heavy (non-hydrogen) atoms. The van der Waals surface area contributed by atoms with E-state index in [9.17, 15) is 5.11 Å². The van der Waals surface area contributed by atoms with Gasteiger partial charge in [0.1, 0.15) is 0 Å². The monoisotopic (exact) mass is 325 g/mol. The van der Waals surface area contributed by atoms with E-state index in [0.717, 1.165) is 36.5 Å². The summed E-state index contributed by atoms with van der Waals surface area (Å²) in [6.07, 6.45) is 6.33. The van der Waals surface area contributed by atoms with Crippen LogP contribution < -0.4 is 0 Å². The first kappa shape index (κ1) is 15.0. The highest BCUT2D eigenvalue weighted by atomic mass is 35.5. The molecule has 1 fully saturated rings. The third-order valence-electron chi connectivity index (χ3n) is 4.08. The van der Waals surface area contributed by atoms with Crippen molar-refractivity contribution in [2.24, 2.45) is 7.05 Å². The highest BCUT2D eigenvalue weighted by Gasteiger charge is 2.27.